The zero-order chi connectivity index (χ0) is 16.8. The summed E-state index contributed by atoms with van der Waals surface area (Å²) in [5, 5.41) is 6.94. The lowest BCUT2D eigenvalue weighted by Crippen LogP contribution is -2.41. The first-order valence-corrected chi connectivity index (χ1v) is 7.27. The maximum atomic E-state index is 12.5. The summed E-state index contributed by atoms with van der Waals surface area (Å²) in [6.07, 6.45) is -2.78. The van der Waals surface area contributed by atoms with Crippen LogP contribution in [-0.2, 0) is 9.31 Å². The van der Waals surface area contributed by atoms with Crippen molar-refractivity contribution >= 4 is 12.6 Å². The molecule has 2 heterocycles. The van der Waals surface area contributed by atoms with Gasteiger partial charge in [-0.2, -0.15) is 8.78 Å². The normalized spacial score (nSPS) is 19.5. The standard InChI is InChI=1S/C15H17BF2N2O3/c1-14(2)15(3,4)23-16(22-14)10-7-5-9(6-8-10)12-19-20-13(21-12)11(17)18/h5-8,11H,1-4H3. The second-order valence-electron chi connectivity index (χ2n) is 6.46. The Balaban J connectivity index is 1.80. The molecule has 2 aromatic rings. The molecule has 0 aliphatic carbocycles. The predicted octanol–water partition coefficient (Wildman–Crippen LogP) is 2.97. The molecule has 3 rings (SSSR count). The van der Waals surface area contributed by atoms with Gasteiger partial charge in [-0.15, -0.1) is 10.2 Å². The molecule has 0 atom stereocenters. The van der Waals surface area contributed by atoms with E-state index in [1.54, 1.807) is 24.3 Å². The fourth-order valence-corrected chi connectivity index (χ4v) is 2.20. The average molecular weight is 322 g/mol. The number of nitrogens with zero attached hydrogens (tertiary/aromatic N) is 2. The van der Waals surface area contributed by atoms with Gasteiger partial charge < -0.3 is 13.7 Å². The summed E-state index contributed by atoms with van der Waals surface area (Å²) in [6.45, 7) is 7.91. The van der Waals surface area contributed by atoms with Gasteiger partial charge in [0.1, 0.15) is 0 Å². The number of hydrogen-bond donors (Lipinski definition) is 0. The molecule has 0 spiro atoms. The Morgan fingerprint density at radius 3 is 2.00 bits per heavy atom. The van der Waals surface area contributed by atoms with Gasteiger partial charge in [0, 0.05) is 5.56 Å². The molecule has 0 unspecified atom stereocenters. The van der Waals surface area contributed by atoms with Crippen molar-refractivity contribution in [3.05, 3.63) is 30.2 Å². The van der Waals surface area contributed by atoms with E-state index in [9.17, 15) is 8.78 Å². The van der Waals surface area contributed by atoms with Gasteiger partial charge in [-0.05, 0) is 45.3 Å². The summed E-state index contributed by atoms with van der Waals surface area (Å²) in [5.41, 5.74) is 0.551. The Bertz CT molecular complexity index is 685. The largest absolute Gasteiger partial charge is 0.494 e. The van der Waals surface area contributed by atoms with E-state index in [1.165, 1.54) is 0 Å². The van der Waals surface area contributed by atoms with Crippen LogP contribution in [0.3, 0.4) is 0 Å². The summed E-state index contributed by atoms with van der Waals surface area (Å²) >= 11 is 0. The van der Waals surface area contributed by atoms with Crippen LogP contribution in [0.2, 0.25) is 0 Å². The Morgan fingerprint density at radius 2 is 1.52 bits per heavy atom. The maximum Gasteiger partial charge on any atom is 0.494 e. The number of aromatic nitrogens is 2. The van der Waals surface area contributed by atoms with Crippen molar-refractivity contribution in [3.63, 3.8) is 0 Å². The van der Waals surface area contributed by atoms with Gasteiger partial charge in [-0.1, -0.05) is 12.1 Å². The van der Waals surface area contributed by atoms with E-state index in [4.69, 9.17) is 13.7 Å². The molecule has 1 aliphatic heterocycles. The van der Waals surface area contributed by atoms with Crippen molar-refractivity contribution in [3.8, 4) is 11.5 Å². The van der Waals surface area contributed by atoms with Gasteiger partial charge in [-0.25, -0.2) is 0 Å². The monoisotopic (exact) mass is 322 g/mol. The Labute approximate surface area is 133 Å². The smallest absolute Gasteiger partial charge is 0.415 e. The van der Waals surface area contributed by atoms with Gasteiger partial charge in [0.25, 0.3) is 5.89 Å². The number of rotatable bonds is 3. The third-order valence-electron chi connectivity index (χ3n) is 4.31. The quantitative estimate of drug-likeness (QED) is 0.813. The summed E-state index contributed by atoms with van der Waals surface area (Å²) in [6, 6.07) is 7.01. The van der Waals surface area contributed by atoms with E-state index in [0.717, 1.165) is 5.46 Å². The van der Waals surface area contributed by atoms with Gasteiger partial charge in [0.15, 0.2) is 0 Å². The van der Waals surface area contributed by atoms with Crippen LogP contribution in [0.4, 0.5) is 8.78 Å². The molecule has 5 nitrogen and oxygen atoms in total. The molecule has 0 N–H and O–H groups in total. The summed E-state index contributed by atoms with van der Waals surface area (Å²) in [5.74, 6) is -0.629. The molecule has 23 heavy (non-hydrogen) atoms. The Hall–Kier alpha value is -1.80. The van der Waals surface area contributed by atoms with Crippen LogP contribution >= 0.6 is 0 Å². The molecular weight excluding hydrogens is 305 g/mol. The zero-order valence-corrected chi connectivity index (χ0v) is 13.3. The lowest BCUT2D eigenvalue weighted by molar-refractivity contribution is 0.00578. The van der Waals surface area contributed by atoms with Crippen LogP contribution in [0.15, 0.2) is 28.7 Å². The van der Waals surface area contributed by atoms with Crippen LogP contribution in [0.25, 0.3) is 11.5 Å². The average Bonchev–Trinajstić information content (AvgIpc) is 3.03. The topological polar surface area (TPSA) is 57.4 Å². The summed E-state index contributed by atoms with van der Waals surface area (Å²) in [7, 11) is -0.478. The van der Waals surface area contributed by atoms with E-state index in [1.807, 2.05) is 27.7 Å². The van der Waals surface area contributed by atoms with Gasteiger partial charge >= 0.3 is 13.5 Å². The first kappa shape index (κ1) is 16.1. The second kappa shape index (κ2) is 5.38. The van der Waals surface area contributed by atoms with Gasteiger partial charge in [0.05, 0.1) is 11.2 Å². The van der Waals surface area contributed by atoms with E-state index >= 15 is 0 Å². The molecular formula is C15H17BF2N2O3. The van der Waals surface area contributed by atoms with Crippen LogP contribution in [0.5, 0.6) is 0 Å². The van der Waals surface area contributed by atoms with Crippen molar-refractivity contribution < 1.29 is 22.5 Å². The fraction of sp³-hybridized carbons (Fsp3) is 0.467. The third-order valence-corrected chi connectivity index (χ3v) is 4.31. The molecule has 1 aliphatic rings. The third kappa shape index (κ3) is 2.88. The molecule has 1 aromatic carbocycles. The minimum Gasteiger partial charge on any atom is -0.415 e. The first-order valence-electron chi connectivity index (χ1n) is 7.27. The van der Waals surface area contributed by atoms with Crippen molar-refractivity contribution in [1.29, 1.82) is 0 Å². The lowest BCUT2D eigenvalue weighted by Gasteiger charge is -2.32. The molecule has 0 saturated carbocycles. The Kier molecular flexibility index (Phi) is 3.76. The van der Waals surface area contributed by atoms with Crippen molar-refractivity contribution in [2.45, 2.75) is 45.3 Å². The molecule has 0 amide bonds. The van der Waals surface area contributed by atoms with Crippen LogP contribution in [0, 0.1) is 0 Å². The number of alkyl halides is 2. The zero-order valence-electron chi connectivity index (χ0n) is 13.3. The highest BCUT2D eigenvalue weighted by Crippen LogP contribution is 2.36. The Morgan fingerprint density at radius 1 is 0.957 bits per heavy atom. The number of halogens is 2. The van der Waals surface area contributed by atoms with Crippen LogP contribution in [-0.4, -0.2) is 28.5 Å². The summed E-state index contributed by atoms with van der Waals surface area (Å²) in [4.78, 5) is 0. The summed E-state index contributed by atoms with van der Waals surface area (Å²) < 4.78 is 41.8. The van der Waals surface area contributed by atoms with Gasteiger partial charge in [0.2, 0.25) is 5.89 Å². The molecule has 122 valence electrons. The second-order valence-corrected chi connectivity index (χ2v) is 6.46. The molecule has 1 saturated heterocycles. The van der Waals surface area contributed by atoms with E-state index in [0.29, 0.717) is 5.56 Å². The highest BCUT2D eigenvalue weighted by molar-refractivity contribution is 6.62. The highest BCUT2D eigenvalue weighted by atomic mass is 19.3. The molecule has 1 aromatic heterocycles. The molecule has 8 heteroatoms. The van der Waals surface area contributed by atoms with Crippen molar-refractivity contribution in [1.82, 2.24) is 10.2 Å². The van der Waals surface area contributed by atoms with Crippen LogP contribution in [0.1, 0.15) is 40.0 Å². The van der Waals surface area contributed by atoms with Crippen molar-refractivity contribution in [2.24, 2.45) is 0 Å². The fourth-order valence-electron chi connectivity index (χ4n) is 2.20. The minimum atomic E-state index is -2.78. The highest BCUT2D eigenvalue weighted by Gasteiger charge is 2.51. The number of hydrogen-bond acceptors (Lipinski definition) is 5. The van der Waals surface area contributed by atoms with Crippen LogP contribution < -0.4 is 5.46 Å². The lowest BCUT2D eigenvalue weighted by atomic mass is 9.79. The minimum absolute atomic E-state index is 0.0563. The molecule has 1 fully saturated rings. The number of benzene rings is 1. The van der Waals surface area contributed by atoms with E-state index < -0.39 is 30.6 Å². The van der Waals surface area contributed by atoms with E-state index in [2.05, 4.69) is 10.2 Å². The predicted molar refractivity (Wildman–Crippen MR) is 80.4 cm³/mol. The maximum absolute atomic E-state index is 12.5. The van der Waals surface area contributed by atoms with Gasteiger partial charge in [-0.3, -0.25) is 0 Å². The first-order chi connectivity index (χ1) is 10.7. The molecule has 0 bridgehead atoms. The van der Waals surface area contributed by atoms with E-state index in [-0.39, 0.29) is 5.89 Å². The molecule has 0 radical (unpaired) electrons. The SMILES string of the molecule is CC1(C)OB(c2ccc(-c3nnc(C(F)F)o3)cc2)OC1(C)C. The van der Waals surface area contributed by atoms with Crippen molar-refractivity contribution in [2.75, 3.05) is 0 Å².